The van der Waals surface area contributed by atoms with E-state index in [2.05, 4.69) is 17.1 Å². The number of rotatable bonds is 0. The van der Waals surface area contributed by atoms with Crippen LogP contribution in [0.4, 0.5) is 0 Å². The Bertz CT molecular complexity index is 280. The van der Waals surface area contributed by atoms with Crippen LogP contribution >= 0.6 is 11.3 Å². The number of thiazole rings is 1. The molecule has 1 aliphatic rings. The molecule has 11 heavy (non-hydrogen) atoms. The van der Waals surface area contributed by atoms with Gasteiger partial charge in [-0.05, 0) is 12.8 Å². The fraction of sp³-hybridized carbons (Fsp3) is 0.444. The van der Waals surface area contributed by atoms with Gasteiger partial charge in [-0.25, -0.2) is 4.98 Å². The van der Waals surface area contributed by atoms with Crippen LogP contribution in [0.3, 0.4) is 0 Å². The zero-order chi connectivity index (χ0) is 8.10. The molecule has 0 aliphatic heterocycles. The van der Waals surface area contributed by atoms with Crippen molar-refractivity contribution in [3.63, 3.8) is 0 Å². The first-order valence-electron chi connectivity index (χ1n) is 4.07. The van der Waals surface area contributed by atoms with E-state index < -0.39 is 0 Å². The van der Waals surface area contributed by atoms with E-state index in [0.29, 0.717) is 0 Å². The Morgan fingerprint density at radius 2 is 2.00 bits per heavy atom. The first-order valence-corrected chi connectivity index (χ1v) is 4.95. The van der Waals surface area contributed by atoms with Gasteiger partial charge in [0.15, 0.2) is 0 Å². The number of nitrogens with zero attached hydrogens (tertiary/aromatic N) is 1. The van der Waals surface area contributed by atoms with Crippen LogP contribution in [-0.4, -0.2) is 4.98 Å². The molecule has 0 atom stereocenters. The molecule has 1 aliphatic carbocycles. The lowest BCUT2D eigenvalue weighted by Crippen LogP contribution is -2.22. The van der Waals surface area contributed by atoms with Gasteiger partial charge in [-0.3, -0.25) is 0 Å². The molecule has 2 rings (SSSR count). The topological polar surface area (TPSA) is 12.9 Å². The molecule has 0 spiro atoms. The van der Waals surface area contributed by atoms with Crippen molar-refractivity contribution < 1.29 is 0 Å². The van der Waals surface area contributed by atoms with E-state index in [1.54, 1.807) is 11.3 Å². The highest BCUT2D eigenvalue weighted by molar-refractivity contribution is 7.07. The van der Waals surface area contributed by atoms with Crippen LogP contribution in [0, 0.1) is 0 Å². The Hall–Kier alpha value is -0.630. The van der Waals surface area contributed by atoms with Gasteiger partial charge >= 0.3 is 0 Å². The van der Waals surface area contributed by atoms with Crippen LogP contribution in [-0.2, 0) is 0 Å². The van der Waals surface area contributed by atoms with Crippen molar-refractivity contribution in [1.82, 2.24) is 4.98 Å². The lowest BCUT2D eigenvalue weighted by atomic mass is 10.2. The highest BCUT2D eigenvalue weighted by atomic mass is 32.1. The van der Waals surface area contributed by atoms with Gasteiger partial charge in [0, 0.05) is 4.53 Å². The molecule has 1 aromatic heterocycles. The summed E-state index contributed by atoms with van der Waals surface area (Å²) in [6.07, 6.45) is 6.81. The molecule has 0 bridgehead atoms. The first-order chi connectivity index (χ1) is 5.47. The Morgan fingerprint density at radius 3 is 2.73 bits per heavy atom. The third-order valence-corrected chi connectivity index (χ3v) is 2.30. The molecular formula is C9H13NS. The maximum atomic E-state index is 4.19. The predicted octanol–water partition coefficient (Wildman–Crippen LogP) is 1.52. The van der Waals surface area contributed by atoms with Crippen molar-refractivity contribution in [2.45, 2.75) is 26.7 Å². The molecular weight excluding hydrogens is 154 g/mol. The number of aromatic nitrogens is 1. The fourth-order valence-electron chi connectivity index (χ4n) is 1.00. The van der Waals surface area contributed by atoms with E-state index in [-0.39, 0.29) is 0 Å². The lowest BCUT2D eigenvalue weighted by Gasteiger charge is -1.89. The van der Waals surface area contributed by atoms with E-state index in [9.17, 15) is 0 Å². The van der Waals surface area contributed by atoms with E-state index in [1.807, 2.05) is 19.4 Å². The summed E-state index contributed by atoms with van der Waals surface area (Å²) >= 11 is 1.73. The molecule has 0 fully saturated rings. The maximum Gasteiger partial charge on any atom is 0.0805 e. The summed E-state index contributed by atoms with van der Waals surface area (Å²) in [6, 6.07) is 0. The molecule has 0 saturated heterocycles. The third kappa shape index (κ3) is 1.90. The Kier molecular flexibility index (Phi) is 3.30. The first kappa shape index (κ1) is 8.47. The Balaban J connectivity index is 0.000000281. The van der Waals surface area contributed by atoms with Crippen LogP contribution < -0.4 is 9.88 Å². The molecule has 0 N–H and O–H groups in total. The Morgan fingerprint density at radius 1 is 1.27 bits per heavy atom. The smallest absolute Gasteiger partial charge is 0.0805 e. The third-order valence-electron chi connectivity index (χ3n) is 1.46. The van der Waals surface area contributed by atoms with Crippen molar-refractivity contribution >= 4 is 23.5 Å². The molecule has 1 nitrogen and oxygen atoms in total. The molecule has 2 heteroatoms. The second-order valence-electron chi connectivity index (χ2n) is 2.09. The summed E-state index contributed by atoms with van der Waals surface area (Å²) in [5.74, 6) is 0. The average molecular weight is 167 g/mol. The zero-order valence-corrected chi connectivity index (χ0v) is 7.82. The molecule has 0 unspecified atom stereocenters. The maximum absolute atomic E-state index is 4.19. The highest BCUT2D eigenvalue weighted by Gasteiger charge is 1.92. The van der Waals surface area contributed by atoms with E-state index >= 15 is 0 Å². The van der Waals surface area contributed by atoms with Gasteiger partial charge in [0.2, 0.25) is 0 Å². The summed E-state index contributed by atoms with van der Waals surface area (Å²) < 4.78 is 1.35. The van der Waals surface area contributed by atoms with Crippen molar-refractivity contribution in [2.24, 2.45) is 0 Å². The summed E-state index contributed by atoms with van der Waals surface area (Å²) in [5.41, 5.74) is 1.91. The van der Waals surface area contributed by atoms with Crippen LogP contribution in [0.2, 0.25) is 0 Å². The molecule has 60 valence electrons. The van der Waals surface area contributed by atoms with Gasteiger partial charge in [-0.2, -0.15) is 0 Å². The van der Waals surface area contributed by atoms with E-state index in [1.165, 1.54) is 16.3 Å². The van der Waals surface area contributed by atoms with Gasteiger partial charge < -0.3 is 0 Å². The standard InChI is InChI=1S/C7H7NS.C2H6/c1-2-4-7-6(3-1)8-5-9-7;1-2/h3-5H,1-2H2;1-2H3. The molecule has 0 saturated carbocycles. The van der Waals surface area contributed by atoms with Crippen LogP contribution in [0.15, 0.2) is 5.51 Å². The van der Waals surface area contributed by atoms with Gasteiger partial charge in [-0.15, -0.1) is 11.3 Å². The quantitative estimate of drug-likeness (QED) is 0.571. The summed E-state index contributed by atoms with van der Waals surface area (Å²) in [4.78, 5) is 4.19. The van der Waals surface area contributed by atoms with Gasteiger partial charge in [0.25, 0.3) is 0 Å². The molecule has 1 heterocycles. The number of hydrogen-bond donors (Lipinski definition) is 0. The normalized spacial score (nSPS) is 13.3. The number of hydrogen-bond acceptors (Lipinski definition) is 2. The van der Waals surface area contributed by atoms with Crippen molar-refractivity contribution in [2.75, 3.05) is 0 Å². The van der Waals surface area contributed by atoms with E-state index in [4.69, 9.17) is 0 Å². The number of fused-ring (bicyclic) bond motifs is 1. The van der Waals surface area contributed by atoms with Crippen molar-refractivity contribution in [3.05, 3.63) is 15.4 Å². The lowest BCUT2D eigenvalue weighted by molar-refractivity contribution is 1.10. The second kappa shape index (κ2) is 4.29. The van der Waals surface area contributed by atoms with Gasteiger partial charge in [0.1, 0.15) is 0 Å². The minimum Gasteiger partial charge on any atom is -0.245 e. The molecule has 0 amide bonds. The SMILES string of the molecule is C1=c2ncsc2=CCC1.CC. The highest BCUT2D eigenvalue weighted by Crippen LogP contribution is 1.94. The van der Waals surface area contributed by atoms with Crippen molar-refractivity contribution in [1.29, 1.82) is 0 Å². The average Bonchev–Trinajstić information content (AvgIpc) is 2.55. The minimum absolute atomic E-state index is 1.16. The Labute approximate surface area is 71.1 Å². The van der Waals surface area contributed by atoms with Crippen LogP contribution in [0.5, 0.6) is 0 Å². The molecule has 0 aromatic carbocycles. The van der Waals surface area contributed by atoms with Crippen LogP contribution in [0.1, 0.15) is 26.7 Å². The largest absolute Gasteiger partial charge is 0.245 e. The molecule has 1 aromatic rings. The molecule has 0 radical (unpaired) electrons. The second-order valence-corrected chi connectivity index (χ2v) is 2.97. The van der Waals surface area contributed by atoms with Crippen molar-refractivity contribution in [3.8, 4) is 0 Å². The minimum atomic E-state index is 1.16. The summed E-state index contributed by atoms with van der Waals surface area (Å²) in [7, 11) is 0. The van der Waals surface area contributed by atoms with Crippen LogP contribution in [0.25, 0.3) is 12.2 Å². The van der Waals surface area contributed by atoms with Gasteiger partial charge in [0.05, 0.1) is 10.9 Å². The summed E-state index contributed by atoms with van der Waals surface area (Å²) in [6.45, 7) is 4.00. The monoisotopic (exact) mass is 167 g/mol. The predicted molar refractivity (Wildman–Crippen MR) is 50.9 cm³/mol. The van der Waals surface area contributed by atoms with Gasteiger partial charge in [-0.1, -0.05) is 26.0 Å². The van der Waals surface area contributed by atoms with E-state index in [0.717, 1.165) is 6.42 Å². The zero-order valence-electron chi connectivity index (χ0n) is 7.00. The fourth-order valence-corrected chi connectivity index (χ4v) is 1.76. The summed E-state index contributed by atoms with van der Waals surface area (Å²) in [5, 5.41) is 1.19.